The molecule has 1 unspecified atom stereocenters. The zero-order valence-electron chi connectivity index (χ0n) is 10.5. The van der Waals surface area contributed by atoms with Crippen molar-refractivity contribution in [3.8, 4) is 0 Å². The first kappa shape index (κ1) is 14.3. The van der Waals surface area contributed by atoms with Crippen LogP contribution in [0, 0.1) is 21.7 Å². The highest BCUT2D eigenvalue weighted by Gasteiger charge is 2.26. The van der Waals surface area contributed by atoms with E-state index in [0.29, 0.717) is 12.1 Å². The number of halogens is 2. The minimum atomic E-state index is -1.45. The SMILES string of the molecule is O=C(NCC1CCCN1)c1c(F)ccc([N+](=O)[O-])c1F. The van der Waals surface area contributed by atoms with Gasteiger partial charge in [0.15, 0.2) is 0 Å². The lowest BCUT2D eigenvalue weighted by atomic mass is 10.1. The monoisotopic (exact) mass is 285 g/mol. The topological polar surface area (TPSA) is 84.3 Å². The number of hydrogen-bond acceptors (Lipinski definition) is 4. The van der Waals surface area contributed by atoms with Crippen molar-refractivity contribution < 1.29 is 18.5 Å². The first-order valence-corrected chi connectivity index (χ1v) is 6.14. The smallest absolute Gasteiger partial charge is 0.305 e. The number of amides is 1. The van der Waals surface area contributed by atoms with Gasteiger partial charge in [-0.2, -0.15) is 4.39 Å². The van der Waals surface area contributed by atoms with Gasteiger partial charge in [0.25, 0.3) is 5.91 Å². The highest BCUT2D eigenvalue weighted by atomic mass is 19.1. The van der Waals surface area contributed by atoms with Gasteiger partial charge in [0.1, 0.15) is 11.4 Å². The van der Waals surface area contributed by atoms with Crippen LogP contribution >= 0.6 is 0 Å². The Hall–Kier alpha value is -2.09. The van der Waals surface area contributed by atoms with E-state index in [-0.39, 0.29) is 12.6 Å². The molecule has 1 aromatic carbocycles. The summed E-state index contributed by atoms with van der Waals surface area (Å²) in [7, 11) is 0. The van der Waals surface area contributed by atoms with Crippen LogP contribution in [0.2, 0.25) is 0 Å². The second-order valence-electron chi connectivity index (χ2n) is 4.52. The number of rotatable bonds is 4. The summed E-state index contributed by atoms with van der Waals surface area (Å²) in [6, 6.07) is 1.47. The van der Waals surface area contributed by atoms with Crippen LogP contribution in [0.1, 0.15) is 23.2 Å². The van der Waals surface area contributed by atoms with Crippen LogP contribution in [-0.2, 0) is 0 Å². The third kappa shape index (κ3) is 2.90. The summed E-state index contributed by atoms with van der Waals surface area (Å²) in [5, 5.41) is 16.1. The third-order valence-electron chi connectivity index (χ3n) is 3.17. The van der Waals surface area contributed by atoms with E-state index in [0.717, 1.165) is 19.4 Å². The van der Waals surface area contributed by atoms with Gasteiger partial charge in [-0.25, -0.2) is 4.39 Å². The molecule has 1 aromatic rings. The van der Waals surface area contributed by atoms with Crippen molar-refractivity contribution in [3.05, 3.63) is 39.4 Å². The number of benzene rings is 1. The lowest BCUT2D eigenvalue weighted by Gasteiger charge is -2.12. The van der Waals surface area contributed by atoms with E-state index in [1.807, 2.05) is 0 Å². The molecule has 1 atom stereocenters. The molecule has 2 rings (SSSR count). The summed E-state index contributed by atoms with van der Waals surface area (Å²) in [5.74, 6) is -3.56. The van der Waals surface area contributed by atoms with Crippen LogP contribution in [0.15, 0.2) is 12.1 Å². The van der Waals surface area contributed by atoms with Crippen molar-refractivity contribution in [2.75, 3.05) is 13.1 Å². The van der Waals surface area contributed by atoms with Gasteiger partial charge < -0.3 is 10.6 Å². The molecule has 0 aliphatic carbocycles. The molecule has 0 aromatic heterocycles. The maximum atomic E-state index is 13.8. The van der Waals surface area contributed by atoms with Gasteiger partial charge in [0.2, 0.25) is 5.82 Å². The number of nitro groups is 1. The minimum absolute atomic E-state index is 0.0590. The molecule has 1 aliphatic heterocycles. The van der Waals surface area contributed by atoms with Crippen LogP contribution < -0.4 is 10.6 Å². The minimum Gasteiger partial charge on any atom is -0.350 e. The van der Waals surface area contributed by atoms with Gasteiger partial charge in [-0.3, -0.25) is 14.9 Å². The maximum absolute atomic E-state index is 13.8. The molecule has 8 heteroatoms. The highest BCUT2D eigenvalue weighted by Crippen LogP contribution is 2.22. The number of hydrogen-bond donors (Lipinski definition) is 2. The predicted octanol–water partition coefficient (Wildman–Crippen LogP) is 1.35. The highest BCUT2D eigenvalue weighted by molar-refractivity contribution is 5.95. The van der Waals surface area contributed by atoms with E-state index in [1.54, 1.807) is 0 Å². The van der Waals surface area contributed by atoms with Crippen LogP contribution in [-0.4, -0.2) is 30.0 Å². The molecule has 1 saturated heterocycles. The number of nitro benzene ring substituents is 1. The molecule has 108 valence electrons. The maximum Gasteiger partial charge on any atom is 0.305 e. The molecule has 0 radical (unpaired) electrons. The second kappa shape index (κ2) is 5.91. The Balaban J connectivity index is 2.15. The number of nitrogens with zero attached hydrogens (tertiary/aromatic N) is 1. The number of carbonyl (C=O) groups excluding carboxylic acids is 1. The molecule has 1 aliphatic rings. The first-order valence-electron chi connectivity index (χ1n) is 6.14. The fraction of sp³-hybridized carbons (Fsp3) is 0.417. The predicted molar refractivity (Wildman–Crippen MR) is 66.4 cm³/mol. The van der Waals surface area contributed by atoms with E-state index in [1.165, 1.54) is 0 Å². The summed E-state index contributed by atoms with van der Waals surface area (Å²) < 4.78 is 27.3. The molecule has 1 amide bonds. The van der Waals surface area contributed by atoms with Crippen molar-refractivity contribution in [3.63, 3.8) is 0 Å². The molecule has 6 nitrogen and oxygen atoms in total. The van der Waals surface area contributed by atoms with Crippen LogP contribution in [0.4, 0.5) is 14.5 Å². The fourth-order valence-electron chi connectivity index (χ4n) is 2.13. The Morgan fingerprint density at radius 2 is 2.25 bits per heavy atom. The van der Waals surface area contributed by atoms with E-state index in [4.69, 9.17) is 0 Å². The molecule has 1 heterocycles. The van der Waals surface area contributed by atoms with Crippen molar-refractivity contribution in [1.29, 1.82) is 0 Å². The van der Waals surface area contributed by atoms with E-state index >= 15 is 0 Å². The number of nitrogens with one attached hydrogen (secondary N) is 2. The zero-order chi connectivity index (χ0) is 14.7. The van der Waals surface area contributed by atoms with Gasteiger partial charge in [0.05, 0.1) is 4.92 Å². The summed E-state index contributed by atoms with van der Waals surface area (Å²) in [4.78, 5) is 21.4. The van der Waals surface area contributed by atoms with Gasteiger partial charge >= 0.3 is 5.69 Å². The molecular weight excluding hydrogens is 272 g/mol. The average Bonchev–Trinajstić information content (AvgIpc) is 2.89. The van der Waals surface area contributed by atoms with Crippen molar-refractivity contribution in [2.24, 2.45) is 0 Å². The van der Waals surface area contributed by atoms with E-state index in [2.05, 4.69) is 10.6 Å². The summed E-state index contributed by atoms with van der Waals surface area (Å²) in [6.45, 7) is 1.06. The van der Waals surface area contributed by atoms with E-state index < -0.39 is 33.7 Å². The normalized spacial score (nSPS) is 18.0. The zero-order valence-corrected chi connectivity index (χ0v) is 10.5. The largest absolute Gasteiger partial charge is 0.350 e. The first-order chi connectivity index (χ1) is 9.50. The average molecular weight is 285 g/mol. The Labute approximate surface area is 113 Å². The van der Waals surface area contributed by atoms with Gasteiger partial charge in [-0.1, -0.05) is 0 Å². The van der Waals surface area contributed by atoms with Crippen LogP contribution in [0.25, 0.3) is 0 Å². The van der Waals surface area contributed by atoms with Crippen molar-refractivity contribution >= 4 is 11.6 Å². The van der Waals surface area contributed by atoms with Crippen LogP contribution in [0.3, 0.4) is 0 Å². The third-order valence-corrected chi connectivity index (χ3v) is 3.17. The summed E-state index contributed by atoms with van der Waals surface area (Å²) in [5.41, 5.74) is -1.84. The second-order valence-corrected chi connectivity index (χ2v) is 4.52. The standard InChI is InChI=1S/C12H13F2N3O3/c13-8-3-4-9(17(19)20)11(14)10(8)12(18)16-6-7-2-1-5-15-7/h3-4,7,15H,1-2,5-6H2,(H,16,18). The Bertz CT molecular complexity index is 545. The van der Waals surface area contributed by atoms with Gasteiger partial charge in [-0.05, 0) is 25.5 Å². The number of carbonyl (C=O) groups is 1. The molecule has 0 saturated carbocycles. The Morgan fingerprint density at radius 1 is 1.50 bits per heavy atom. The molecular formula is C12H13F2N3O3. The molecule has 0 bridgehead atoms. The van der Waals surface area contributed by atoms with Crippen molar-refractivity contribution in [2.45, 2.75) is 18.9 Å². The van der Waals surface area contributed by atoms with Crippen molar-refractivity contribution in [1.82, 2.24) is 10.6 Å². The Kier molecular flexibility index (Phi) is 4.23. The summed E-state index contributed by atoms with van der Waals surface area (Å²) in [6.07, 6.45) is 1.83. The van der Waals surface area contributed by atoms with E-state index in [9.17, 15) is 23.7 Å². The summed E-state index contributed by atoms with van der Waals surface area (Å²) >= 11 is 0. The van der Waals surface area contributed by atoms with Gasteiger partial charge in [0, 0.05) is 18.7 Å². The Morgan fingerprint density at radius 3 is 2.85 bits per heavy atom. The van der Waals surface area contributed by atoms with Crippen LogP contribution in [0.5, 0.6) is 0 Å². The lowest BCUT2D eigenvalue weighted by Crippen LogP contribution is -2.37. The quantitative estimate of drug-likeness (QED) is 0.646. The molecule has 2 N–H and O–H groups in total. The van der Waals surface area contributed by atoms with Gasteiger partial charge in [-0.15, -0.1) is 0 Å². The molecule has 1 fully saturated rings. The molecule has 0 spiro atoms. The molecule has 20 heavy (non-hydrogen) atoms. The lowest BCUT2D eigenvalue weighted by molar-refractivity contribution is -0.387. The fourth-order valence-corrected chi connectivity index (χ4v) is 2.13.